The Kier molecular flexibility index (Phi) is 3.12. The second-order valence-electron chi connectivity index (χ2n) is 2.80. The van der Waals surface area contributed by atoms with E-state index < -0.39 is 10.9 Å². The van der Waals surface area contributed by atoms with Crippen LogP contribution >= 0.6 is 0 Å². The van der Waals surface area contributed by atoms with E-state index in [-0.39, 0.29) is 5.69 Å². The number of aromatic nitrogens is 1. The summed E-state index contributed by atoms with van der Waals surface area (Å²) in [4.78, 5) is 24.0. The van der Waals surface area contributed by atoms with Crippen LogP contribution in [0.2, 0.25) is 0 Å². The summed E-state index contributed by atoms with van der Waals surface area (Å²) in [5, 5.41) is 18.9. The van der Waals surface area contributed by atoms with E-state index in [9.17, 15) is 14.9 Å². The predicted molar refractivity (Wildman–Crippen MR) is 52.3 cm³/mol. The van der Waals surface area contributed by atoms with E-state index in [1.54, 1.807) is 0 Å². The van der Waals surface area contributed by atoms with Crippen LogP contribution in [0, 0.1) is 17.0 Å². The van der Waals surface area contributed by atoms with Crippen molar-refractivity contribution in [3.8, 4) is 0 Å². The van der Waals surface area contributed by atoms with Crippen molar-refractivity contribution in [3.63, 3.8) is 0 Å². The zero-order valence-corrected chi connectivity index (χ0v) is 7.88. The molecule has 1 aromatic heterocycles. The van der Waals surface area contributed by atoms with Crippen LogP contribution < -0.4 is 0 Å². The van der Waals surface area contributed by atoms with Crippen molar-refractivity contribution in [1.29, 1.82) is 0 Å². The van der Waals surface area contributed by atoms with Gasteiger partial charge < -0.3 is 5.11 Å². The molecule has 0 radical (unpaired) electrons. The normalized spacial score (nSPS) is 10.5. The molecular weight excluding hydrogens is 200 g/mol. The van der Waals surface area contributed by atoms with Crippen molar-refractivity contribution in [2.45, 2.75) is 6.92 Å². The van der Waals surface area contributed by atoms with Gasteiger partial charge in [0.1, 0.15) is 5.69 Å². The van der Waals surface area contributed by atoms with Crippen molar-refractivity contribution in [1.82, 2.24) is 4.98 Å². The summed E-state index contributed by atoms with van der Waals surface area (Å²) < 4.78 is 0. The topological polar surface area (TPSA) is 93.3 Å². The number of carboxylic acids is 1. The molecule has 0 bridgehead atoms. The number of hydrogen-bond acceptors (Lipinski definition) is 4. The van der Waals surface area contributed by atoms with E-state index >= 15 is 0 Å². The SMILES string of the molecule is Cc1ncc(C=CC(=O)O)cc1[N+](=O)[O-]. The fourth-order valence-corrected chi connectivity index (χ4v) is 0.981. The van der Waals surface area contributed by atoms with E-state index in [1.807, 2.05) is 0 Å². The first-order chi connectivity index (χ1) is 7.00. The maximum atomic E-state index is 10.5. The Morgan fingerprint density at radius 1 is 1.67 bits per heavy atom. The standard InChI is InChI=1S/C9H8N2O4/c1-6-8(11(14)15)4-7(5-10-6)2-3-9(12)13/h2-5H,1H3,(H,12,13). The van der Waals surface area contributed by atoms with E-state index in [4.69, 9.17) is 5.11 Å². The lowest BCUT2D eigenvalue weighted by Gasteiger charge is -1.97. The van der Waals surface area contributed by atoms with Gasteiger partial charge in [0.2, 0.25) is 0 Å². The largest absolute Gasteiger partial charge is 0.478 e. The Bertz CT molecular complexity index is 440. The number of carboxylic acid groups (broad SMARTS) is 1. The molecule has 0 spiro atoms. The zero-order valence-electron chi connectivity index (χ0n) is 7.88. The second kappa shape index (κ2) is 4.32. The maximum Gasteiger partial charge on any atom is 0.328 e. The third-order valence-electron chi connectivity index (χ3n) is 1.70. The molecule has 1 rings (SSSR count). The third kappa shape index (κ3) is 2.87. The molecule has 0 aromatic carbocycles. The average molecular weight is 208 g/mol. The summed E-state index contributed by atoms with van der Waals surface area (Å²) in [5.74, 6) is -1.11. The molecule has 0 fully saturated rings. The summed E-state index contributed by atoms with van der Waals surface area (Å²) in [6.45, 7) is 1.52. The van der Waals surface area contributed by atoms with Crippen LogP contribution in [0.5, 0.6) is 0 Å². The van der Waals surface area contributed by atoms with Gasteiger partial charge in [-0.3, -0.25) is 15.1 Å². The van der Waals surface area contributed by atoms with Crippen molar-refractivity contribution in [2.24, 2.45) is 0 Å². The Balaban J connectivity index is 3.08. The van der Waals surface area contributed by atoms with Gasteiger partial charge in [0.25, 0.3) is 5.69 Å². The van der Waals surface area contributed by atoms with Gasteiger partial charge in [-0.2, -0.15) is 0 Å². The molecule has 0 amide bonds. The number of rotatable bonds is 3. The molecule has 0 saturated carbocycles. The molecule has 6 heteroatoms. The van der Waals surface area contributed by atoms with Crippen LogP contribution in [-0.4, -0.2) is 21.0 Å². The molecule has 0 aliphatic carbocycles. The van der Waals surface area contributed by atoms with Crippen LogP contribution in [0.25, 0.3) is 6.08 Å². The first kappa shape index (κ1) is 10.8. The van der Waals surface area contributed by atoms with E-state index in [0.717, 1.165) is 6.08 Å². The fraction of sp³-hybridized carbons (Fsp3) is 0.111. The quantitative estimate of drug-likeness (QED) is 0.460. The van der Waals surface area contributed by atoms with E-state index in [2.05, 4.69) is 4.98 Å². The molecule has 1 aromatic rings. The summed E-state index contributed by atoms with van der Waals surface area (Å²) in [5.41, 5.74) is 0.560. The molecule has 0 unspecified atom stereocenters. The third-order valence-corrected chi connectivity index (χ3v) is 1.70. The van der Waals surface area contributed by atoms with Gasteiger partial charge in [-0.25, -0.2) is 4.79 Å². The summed E-state index contributed by atoms with van der Waals surface area (Å²) in [6.07, 6.45) is 3.53. The highest BCUT2D eigenvalue weighted by molar-refractivity contribution is 5.85. The van der Waals surface area contributed by atoms with E-state index in [1.165, 1.54) is 25.3 Å². The predicted octanol–water partition coefficient (Wildman–Crippen LogP) is 1.40. The van der Waals surface area contributed by atoms with Gasteiger partial charge in [-0.05, 0) is 18.6 Å². The van der Waals surface area contributed by atoms with Gasteiger partial charge in [-0.15, -0.1) is 0 Å². The lowest BCUT2D eigenvalue weighted by Crippen LogP contribution is -1.95. The Labute approximate surface area is 85.0 Å². The number of aryl methyl sites for hydroxylation is 1. The smallest absolute Gasteiger partial charge is 0.328 e. The highest BCUT2D eigenvalue weighted by Gasteiger charge is 2.11. The van der Waals surface area contributed by atoms with Crippen LogP contribution in [-0.2, 0) is 4.79 Å². The van der Waals surface area contributed by atoms with Gasteiger partial charge in [0.15, 0.2) is 0 Å². The van der Waals surface area contributed by atoms with Gasteiger partial charge in [0, 0.05) is 18.3 Å². The zero-order chi connectivity index (χ0) is 11.4. The fourth-order valence-electron chi connectivity index (χ4n) is 0.981. The summed E-state index contributed by atoms with van der Waals surface area (Å²) in [7, 11) is 0. The van der Waals surface area contributed by atoms with Crippen molar-refractivity contribution in [3.05, 3.63) is 39.7 Å². The number of hydrogen-bond donors (Lipinski definition) is 1. The molecule has 6 nitrogen and oxygen atoms in total. The minimum Gasteiger partial charge on any atom is -0.478 e. The Morgan fingerprint density at radius 2 is 2.33 bits per heavy atom. The summed E-state index contributed by atoms with van der Waals surface area (Å²) >= 11 is 0. The van der Waals surface area contributed by atoms with E-state index in [0.29, 0.717) is 11.3 Å². The molecule has 15 heavy (non-hydrogen) atoms. The minimum atomic E-state index is -1.11. The highest BCUT2D eigenvalue weighted by Crippen LogP contribution is 2.17. The van der Waals surface area contributed by atoms with Gasteiger partial charge in [-0.1, -0.05) is 0 Å². The number of nitro groups is 1. The first-order valence-electron chi connectivity index (χ1n) is 4.03. The Morgan fingerprint density at radius 3 is 2.87 bits per heavy atom. The molecule has 0 aliphatic rings. The van der Waals surface area contributed by atoms with Crippen LogP contribution in [0.15, 0.2) is 18.3 Å². The number of nitrogens with zero attached hydrogens (tertiary/aromatic N) is 2. The van der Waals surface area contributed by atoms with Crippen LogP contribution in [0.4, 0.5) is 5.69 Å². The van der Waals surface area contributed by atoms with Crippen molar-refractivity contribution >= 4 is 17.7 Å². The maximum absolute atomic E-state index is 10.5. The molecule has 1 heterocycles. The monoisotopic (exact) mass is 208 g/mol. The molecule has 1 N–H and O–H groups in total. The summed E-state index contributed by atoms with van der Waals surface area (Å²) in [6, 6.07) is 1.28. The molecule has 0 atom stereocenters. The van der Waals surface area contributed by atoms with Crippen molar-refractivity contribution < 1.29 is 14.8 Å². The molecule has 0 saturated heterocycles. The lowest BCUT2D eigenvalue weighted by atomic mass is 10.2. The molecule has 78 valence electrons. The number of carbonyl (C=O) groups is 1. The van der Waals surface area contributed by atoms with Gasteiger partial charge in [0.05, 0.1) is 4.92 Å². The molecular formula is C9H8N2O4. The average Bonchev–Trinajstić information content (AvgIpc) is 2.16. The Hall–Kier alpha value is -2.24. The van der Waals surface area contributed by atoms with Gasteiger partial charge >= 0.3 is 5.97 Å². The lowest BCUT2D eigenvalue weighted by molar-refractivity contribution is -0.385. The molecule has 0 aliphatic heterocycles. The number of pyridine rings is 1. The van der Waals surface area contributed by atoms with Crippen LogP contribution in [0.3, 0.4) is 0 Å². The number of aliphatic carboxylic acids is 1. The highest BCUT2D eigenvalue weighted by atomic mass is 16.6. The first-order valence-corrected chi connectivity index (χ1v) is 4.03. The minimum absolute atomic E-state index is 0.123. The second-order valence-corrected chi connectivity index (χ2v) is 2.80. The van der Waals surface area contributed by atoms with Crippen molar-refractivity contribution in [2.75, 3.05) is 0 Å². The van der Waals surface area contributed by atoms with Crippen LogP contribution in [0.1, 0.15) is 11.3 Å².